The molecule has 1 fully saturated rings. The minimum Gasteiger partial charge on any atom is -0.464 e. The number of nitrogens with zero attached hydrogens (tertiary/aromatic N) is 3. The highest BCUT2D eigenvalue weighted by atomic mass is 32.1. The Hall–Kier alpha value is -2.16. The molecule has 1 aromatic heterocycles. The highest BCUT2D eigenvalue weighted by Crippen LogP contribution is 2.39. The van der Waals surface area contributed by atoms with E-state index in [2.05, 4.69) is 4.98 Å². The average Bonchev–Trinajstić information content (AvgIpc) is 2.97. The molecule has 9 heteroatoms. The second-order valence-electron chi connectivity index (χ2n) is 6.14. The molecule has 3 rings (SSSR count). The minimum atomic E-state index is -1.34. The molecule has 2 heterocycles. The summed E-state index contributed by atoms with van der Waals surface area (Å²) < 4.78 is 0. The van der Waals surface area contributed by atoms with Crippen molar-refractivity contribution in [3.05, 3.63) is 10.6 Å². The number of carbonyl (C=O) groups excluding carboxylic acids is 1. The van der Waals surface area contributed by atoms with Crippen LogP contribution < -0.4 is 10.6 Å². The van der Waals surface area contributed by atoms with Gasteiger partial charge in [0.15, 0.2) is 0 Å². The van der Waals surface area contributed by atoms with Gasteiger partial charge in [-0.15, -0.1) is 11.3 Å². The molecule has 130 valence electrons. The number of hydrogen-bond acceptors (Lipinski definition) is 5. The molecule has 0 radical (unpaired) electrons. The lowest BCUT2D eigenvalue weighted by atomic mass is 9.89. The lowest BCUT2D eigenvalue weighted by Crippen LogP contribution is -2.41. The summed E-state index contributed by atoms with van der Waals surface area (Å²) >= 11 is 1.21. The highest BCUT2D eigenvalue weighted by molar-refractivity contribution is 7.16. The number of rotatable bonds is 2. The fourth-order valence-corrected chi connectivity index (χ4v) is 4.54. The molecule has 0 aromatic carbocycles. The van der Waals surface area contributed by atoms with Crippen LogP contribution >= 0.6 is 11.3 Å². The number of carboxylic acid groups (broad SMARTS) is 1. The SMILES string of the molecule is N=C(N)N(C(=O)O)c1nc2c(s1)CCCC2C(=O)N1CCCCC1. The molecule has 2 aliphatic rings. The van der Waals surface area contributed by atoms with Gasteiger partial charge in [-0.25, -0.2) is 9.78 Å². The Morgan fingerprint density at radius 2 is 2.00 bits per heavy atom. The van der Waals surface area contributed by atoms with Crippen molar-refractivity contribution in [2.75, 3.05) is 18.0 Å². The van der Waals surface area contributed by atoms with Crippen molar-refractivity contribution in [2.45, 2.75) is 44.4 Å². The zero-order valence-corrected chi connectivity index (χ0v) is 14.1. The van der Waals surface area contributed by atoms with E-state index in [0.717, 1.165) is 56.5 Å². The molecule has 0 spiro atoms. The molecule has 1 aromatic rings. The number of likely N-dealkylation sites (tertiary alicyclic amines) is 1. The molecule has 4 N–H and O–H groups in total. The van der Waals surface area contributed by atoms with E-state index in [9.17, 15) is 14.7 Å². The summed E-state index contributed by atoms with van der Waals surface area (Å²) in [6.45, 7) is 1.58. The Bertz CT molecular complexity index is 654. The third-order valence-electron chi connectivity index (χ3n) is 4.53. The van der Waals surface area contributed by atoms with E-state index < -0.39 is 12.1 Å². The number of hydrogen-bond donors (Lipinski definition) is 3. The van der Waals surface area contributed by atoms with E-state index in [0.29, 0.717) is 10.6 Å². The number of fused-ring (bicyclic) bond motifs is 1. The Morgan fingerprint density at radius 1 is 1.29 bits per heavy atom. The fourth-order valence-electron chi connectivity index (χ4n) is 3.36. The number of thiazole rings is 1. The summed E-state index contributed by atoms with van der Waals surface area (Å²) in [5.74, 6) is -0.802. The Labute approximate surface area is 143 Å². The number of aromatic nitrogens is 1. The summed E-state index contributed by atoms with van der Waals surface area (Å²) in [6, 6.07) is 0. The first-order valence-corrected chi connectivity index (χ1v) is 8.96. The van der Waals surface area contributed by atoms with E-state index in [1.54, 1.807) is 0 Å². The zero-order chi connectivity index (χ0) is 17.3. The molecule has 8 nitrogen and oxygen atoms in total. The minimum absolute atomic E-state index is 0.0946. The molecule has 1 unspecified atom stereocenters. The van der Waals surface area contributed by atoms with Crippen molar-refractivity contribution >= 4 is 34.4 Å². The van der Waals surface area contributed by atoms with Gasteiger partial charge in [-0.2, -0.15) is 4.90 Å². The number of piperidine rings is 1. The highest BCUT2D eigenvalue weighted by Gasteiger charge is 2.35. The van der Waals surface area contributed by atoms with Crippen LogP contribution in [0.25, 0.3) is 0 Å². The molecule has 1 atom stereocenters. The summed E-state index contributed by atoms with van der Waals surface area (Å²) in [5, 5.41) is 16.8. The Kier molecular flexibility index (Phi) is 4.70. The van der Waals surface area contributed by atoms with Crippen LogP contribution in [0, 0.1) is 5.41 Å². The largest absolute Gasteiger partial charge is 0.464 e. The summed E-state index contributed by atoms with van der Waals surface area (Å²) in [5.41, 5.74) is 6.03. The molecule has 24 heavy (non-hydrogen) atoms. The van der Waals surface area contributed by atoms with Crippen molar-refractivity contribution in [2.24, 2.45) is 5.73 Å². The van der Waals surface area contributed by atoms with Crippen molar-refractivity contribution in [3.63, 3.8) is 0 Å². The molecule has 0 bridgehead atoms. The molecule has 2 amide bonds. The van der Waals surface area contributed by atoms with Crippen molar-refractivity contribution < 1.29 is 14.7 Å². The first kappa shape index (κ1) is 16.7. The monoisotopic (exact) mass is 351 g/mol. The number of carbonyl (C=O) groups is 2. The Balaban J connectivity index is 1.88. The first-order chi connectivity index (χ1) is 11.5. The van der Waals surface area contributed by atoms with E-state index in [4.69, 9.17) is 11.1 Å². The second kappa shape index (κ2) is 6.76. The number of aryl methyl sites for hydroxylation is 1. The maximum absolute atomic E-state index is 12.9. The normalized spacial score (nSPS) is 20.3. The van der Waals surface area contributed by atoms with Gasteiger partial charge in [0, 0.05) is 18.0 Å². The second-order valence-corrected chi connectivity index (χ2v) is 7.20. The summed E-state index contributed by atoms with van der Waals surface area (Å²) in [4.78, 5) is 32.0. The molecule has 1 aliphatic carbocycles. The third kappa shape index (κ3) is 3.08. The fraction of sp³-hybridized carbons (Fsp3) is 0.600. The van der Waals surface area contributed by atoms with Crippen molar-refractivity contribution in [1.82, 2.24) is 9.88 Å². The number of guanidine groups is 1. The molecular formula is C15H21N5O3S. The van der Waals surface area contributed by atoms with Crippen LogP contribution in [-0.2, 0) is 11.2 Å². The number of anilines is 1. The van der Waals surface area contributed by atoms with Crippen LogP contribution in [0.2, 0.25) is 0 Å². The van der Waals surface area contributed by atoms with E-state index >= 15 is 0 Å². The van der Waals surface area contributed by atoms with Gasteiger partial charge >= 0.3 is 6.09 Å². The molecule has 0 saturated carbocycles. The van der Waals surface area contributed by atoms with Gasteiger partial charge in [0.2, 0.25) is 17.0 Å². The number of amides is 2. The van der Waals surface area contributed by atoms with Gasteiger partial charge in [-0.3, -0.25) is 10.2 Å². The lowest BCUT2D eigenvalue weighted by molar-refractivity contribution is -0.134. The van der Waals surface area contributed by atoms with Crippen LogP contribution in [0.1, 0.15) is 48.6 Å². The molecular weight excluding hydrogens is 330 g/mol. The standard InChI is InChI=1S/C15H21N5O3S/c16-13(17)20(15(22)23)14-18-11-9(5-4-6-10(11)24-14)12(21)19-7-2-1-3-8-19/h9H,1-8H2,(H3,16,17)(H,22,23). The van der Waals surface area contributed by atoms with Gasteiger partial charge in [-0.05, 0) is 38.5 Å². The van der Waals surface area contributed by atoms with Gasteiger partial charge < -0.3 is 15.7 Å². The van der Waals surface area contributed by atoms with E-state index in [1.807, 2.05) is 4.90 Å². The van der Waals surface area contributed by atoms with Crippen LogP contribution in [0.5, 0.6) is 0 Å². The summed E-state index contributed by atoms with van der Waals surface area (Å²) in [7, 11) is 0. The number of nitrogens with one attached hydrogen (secondary N) is 1. The first-order valence-electron chi connectivity index (χ1n) is 8.14. The van der Waals surface area contributed by atoms with Gasteiger partial charge in [-0.1, -0.05) is 0 Å². The maximum atomic E-state index is 12.9. The van der Waals surface area contributed by atoms with Crippen LogP contribution in [0.4, 0.5) is 9.93 Å². The lowest BCUT2D eigenvalue weighted by Gasteiger charge is -2.31. The predicted octanol–water partition coefficient (Wildman–Crippen LogP) is 1.95. The van der Waals surface area contributed by atoms with Gasteiger partial charge in [0.25, 0.3) is 0 Å². The van der Waals surface area contributed by atoms with Gasteiger partial charge in [0.05, 0.1) is 11.6 Å². The third-order valence-corrected chi connectivity index (χ3v) is 5.65. The summed E-state index contributed by atoms with van der Waals surface area (Å²) in [6.07, 6.45) is 4.28. The quantitative estimate of drug-likeness (QED) is 0.555. The maximum Gasteiger partial charge on any atom is 0.420 e. The van der Waals surface area contributed by atoms with E-state index in [-0.39, 0.29) is 17.0 Å². The molecule has 1 saturated heterocycles. The van der Waals surface area contributed by atoms with Crippen LogP contribution in [0.15, 0.2) is 0 Å². The Morgan fingerprint density at radius 3 is 2.62 bits per heavy atom. The zero-order valence-electron chi connectivity index (χ0n) is 13.3. The smallest absolute Gasteiger partial charge is 0.420 e. The van der Waals surface area contributed by atoms with Crippen LogP contribution in [-0.4, -0.2) is 46.0 Å². The number of nitrogens with two attached hydrogens (primary N) is 1. The van der Waals surface area contributed by atoms with E-state index in [1.165, 1.54) is 11.3 Å². The predicted molar refractivity (Wildman–Crippen MR) is 90.6 cm³/mol. The average molecular weight is 351 g/mol. The topological polar surface area (TPSA) is 124 Å². The van der Waals surface area contributed by atoms with Crippen molar-refractivity contribution in [3.8, 4) is 0 Å². The van der Waals surface area contributed by atoms with Crippen LogP contribution in [0.3, 0.4) is 0 Å². The van der Waals surface area contributed by atoms with Crippen molar-refractivity contribution in [1.29, 1.82) is 5.41 Å². The molecule has 1 aliphatic heterocycles. The van der Waals surface area contributed by atoms with Gasteiger partial charge in [0.1, 0.15) is 0 Å².